The molecule has 0 atom stereocenters. The molecule has 2 aromatic heterocycles. The van der Waals surface area contributed by atoms with Crippen LogP contribution in [-0.2, 0) is 17.9 Å². The summed E-state index contributed by atoms with van der Waals surface area (Å²) in [6.45, 7) is 3.26. The topological polar surface area (TPSA) is 121 Å². The van der Waals surface area contributed by atoms with Crippen LogP contribution in [0.2, 0.25) is 10.0 Å². The Kier molecular flexibility index (Phi) is 5.61. The van der Waals surface area contributed by atoms with Gasteiger partial charge in [-0.05, 0) is 31.5 Å². The van der Waals surface area contributed by atoms with E-state index < -0.39 is 10.8 Å². The summed E-state index contributed by atoms with van der Waals surface area (Å²) in [7, 11) is 0. The molecule has 28 heavy (non-hydrogen) atoms. The summed E-state index contributed by atoms with van der Waals surface area (Å²) in [5.41, 5.74) is 1.32. The lowest BCUT2D eigenvalue weighted by Gasteiger charge is -2.04. The number of nitrogens with one attached hydrogen (secondary N) is 1. The first-order chi connectivity index (χ1) is 13.2. The third kappa shape index (κ3) is 4.29. The van der Waals surface area contributed by atoms with Gasteiger partial charge < -0.3 is 0 Å². The second-order valence-corrected chi connectivity index (χ2v) is 6.81. The minimum atomic E-state index is -0.516. The summed E-state index contributed by atoms with van der Waals surface area (Å²) in [5.74, 6) is -0.339. The zero-order valence-electron chi connectivity index (χ0n) is 14.9. The molecule has 0 aliphatic carbocycles. The average molecular weight is 424 g/mol. The number of carbonyl (C=O) groups excluding carboxylic acids is 1. The normalized spacial score (nSPS) is 10.9. The first kappa shape index (κ1) is 19.8. The van der Waals surface area contributed by atoms with Crippen molar-refractivity contribution in [2.24, 2.45) is 0 Å². The van der Waals surface area contributed by atoms with Crippen LogP contribution in [0.4, 0.5) is 11.6 Å². The van der Waals surface area contributed by atoms with Gasteiger partial charge in [-0.1, -0.05) is 29.3 Å². The summed E-state index contributed by atoms with van der Waals surface area (Å²) in [5, 5.41) is 22.7. The Morgan fingerprint density at radius 3 is 2.64 bits per heavy atom. The van der Waals surface area contributed by atoms with E-state index in [0.717, 1.165) is 5.56 Å². The summed E-state index contributed by atoms with van der Waals surface area (Å²) in [6.07, 6.45) is 1.46. The van der Waals surface area contributed by atoms with E-state index in [9.17, 15) is 14.9 Å². The van der Waals surface area contributed by atoms with Crippen molar-refractivity contribution in [1.82, 2.24) is 24.5 Å². The predicted octanol–water partition coefficient (Wildman–Crippen LogP) is 2.99. The molecular formula is C16H15Cl2N7O3. The van der Waals surface area contributed by atoms with Crippen molar-refractivity contribution >= 4 is 40.7 Å². The second-order valence-electron chi connectivity index (χ2n) is 6.00. The number of benzene rings is 1. The molecule has 10 nitrogen and oxygen atoms in total. The van der Waals surface area contributed by atoms with Gasteiger partial charge in [-0.3, -0.25) is 24.9 Å². The van der Waals surface area contributed by atoms with Crippen LogP contribution in [0.3, 0.4) is 0 Å². The van der Waals surface area contributed by atoms with Crippen LogP contribution in [0.1, 0.15) is 17.0 Å². The number of aryl methyl sites for hydroxylation is 1. The van der Waals surface area contributed by atoms with Crippen LogP contribution in [0.25, 0.3) is 0 Å². The van der Waals surface area contributed by atoms with Crippen molar-refractivity contribution in [3.8, 4) is 0 Å². The number of rotatable bonds is 6. The van der Waals surface area contributed by atoms with Gasteiger partial charge in [0.05, 0.1) is 21.5 Å². The standard InChI is InChI=1S/C16H15Cl2N7O3/c1-9-15(25(27)28)10(2)24(21-9)7-14(26)20-16-19-8-23(22-16)6-11-3-4-12(17)13(18)5-11/h3-5,8H,6-7H2,1-2H3,(H,20,22,26). The molecule has 1 N–H and O–H groups in total. The molecule has 0 aliphatic heterocycles. The van der Waals surface area contributed by atoms with E-state index in [1.165, 1.54) is 29.5 Å². The van der Waals surface area contributed by atoms with E-state index in [2.05, 4.69) is 20.5 Å². The Bertz CT molecular complexity index is 1060. The van der Waals surface area contributed by atoms with E-state index in [1.54, 1.807) is 12.1 Å². The summed E-state index contributed by atoms with van der Waals surface area (Å²) in [4.78, 5) is 26.8. The number of halogens is 2. The van der Waals surface area contributed by atoms with Crippen LogP contribution >= 0.6 is 23.2 Å². The van der Waals surface area contributed by atoms with Crippen molar-refractivity contribution in [2.75, 3.05) is 5.32 Å². The second kappa shape index (κ2) is 7.95. The number of carbonyl (C=O) groups is 1. The highest BCUT2D eigenvalue weighted by atomic mass is 35.5. The van der Waals surface area contributed by atoms with E-state index in [0.29, 0.717) is 22.3 Å². The van der Waals surface area contributed by atoms with Gasteiger partial charge in [0.1, 0.15) is 24.3 Å². The number of hydrogen-bond acceptors (Lipinski definition) is 6. The zero-order valence-corrected chi connectivity index (χ0v) is 16.4. The number of nitro groups is 1. The third-order valence-electron chi connectivity index (χ3n) is 3.94. The molecule has 0 radical (unpaired) electrons. The fraction of sp³-hybridized carbons (Fsp3) is 0.250. The summed E-state index contributed by atoms with van der Waals surface area (Å²) >= 11 is 11.9. The smallest absolute Gasteiger partial charge is 0.292 e. The number of nitrogens with zero attached hydrogens (tertiary/aromatic N) is 6. The number of aromatic nitrogens is 5. The van der Waals surface area contributed by atoms with Gasteiger partial charge in [0.15, 0.2) is 0 Å². The Morgan fingerprint density at radius 2 is 2.00 bits per heavy atom. The van der Waals surface area contributed by atoms with Crippen LogP contribution in [-0.4, -0.2) is 35.4 Å². The van der Waals surface area contributed by atoms with Gasteiger partial charge >= 0.3 is 5.69 Å². The predicted molar refractivity (Wildman–Crippen MR) is 103 cm³/mol. The highest BCUT2D eigenvalue weighted by molar-refractivity contribution is 6.42. The lowest BCUT2D eigenvalue weighted by molar-refractivity contribution is -0.386. The Hall–Kier alpha value is -2.98. The number of amides is 1. The van der Waals surface area contributed by atoms with E-state index in [4.69, 9.17) is 23.2 Å². The largest absolute Gasteiger partial charge is 0.312 e. The molecular weight excluding hydrogens is 409 g/mol. The zero-order chi connectivity index (χ0) is 20.4. The molecule has 0 saturated carbocycles. The maximum absolute atomic E-state index is 12.2. The Morgan fingerprint density at radius 1 is 1.25 bits per heavy atom. The van der Waals surface area contributed by atoms with E-state index in [1.807, 2.05) is 6.07 Å². The fourth-order valence-electron chi connectivity index (χ4n) is 2.66. The lowest BCUT2D eigenvalue weighted by Crippen LogP contribution is -2.21. The van der Waals surface area contributed by atoms with Crippen LogP contribution in [0.15, 0.2) is 24.5 Å². The van der Waals surface area contributed by atoms with Crippen molar-refractivity contribution in [3.05, 3.63) is 61.6 Å². The molecule has 1 aromatic carbocycles. The summed E-state index contributed by atoms with van der Waals surface area (Å²) < 4.78 is 2.80. The average Bonchev–Trinajstić information content (AvgIpc) is 3.15. The van der Waals surface area contributed by atoms with Gasteiger partial charge in [0.2, 0.25) is 11.9 Å². The molecule has 0 unspecified atom stereocenters. The monoisotopic (exact) mass is 423 g/mol. The molecule has 0 aliphatic rings. The SMILES string of the molecule is Cc1nn(CC(=O)Nc2ncn(Cc3ccc(Cl)c(Cl)c3)n2)c(C)c1[N+](=O)[O-]. The molecule has 0 fully saturated rings. The number of hydrogen-bond donors (Lipinski definition) is 1. The first-order valence-electron chi connectivity index (χ1n) is 8.06. The highest BCUT2D eigenvalue weighted by Crippen LogP contribution is 2.23. The summed E-state index contributed by atoms with van der Waals surface area (Å²) in [6, 6.07) is 5.22. The molecule has 2 heterocycles. The number of anilines is 1. The van der Waals surface area contributed by atoms with E-state index in [-0.39, 0.29) is 23.9 Å². The van der Waals surface area contributed by atoms with Gasteiger partial charge in [-0.25, -0.2) is 9.67 Å². The minimum Gasteiger partial charge on any atom is -0.292 e. The molecule has 0 spiro atoms. The maximum atomic E-state index is 12.2. The van der Waals surface area contributed by atoms with Crippen molar-refractivity contribution in [2.45, 2.75) is 26.9 Å². The minimum absolute atomic E-state index is 0.100. The third-order valence-corrected chi connectivity index (χ3v) is 4.67. The highest BCUT2D eigenvalue weighted by Gasteiger charge is 2.23. The van der Waals surface area contributed by atoms with Crippen LogP contribution in [0, 0.1) is 24.0 Å². The van der Waals surface area contributed by atoms with Crippen molar-refractivity contribution in [1.29, 1.82) is 0 Å². The van der Waals surface area contributed by atoms with Crippen LogP contribution in [0.5, 0.6) is 0 Å². The molecule has 3 rings (SSSR count). The molecule has 1 amide bonds. The van der Waals surface area contributed by atoms with Crippen molar-refractivity contribution < 1.29 is 9.72 Å². The fourth-order valence-corrected chi connectivity index (χ4v) is 2.98. The van der Waals surface area contributed by atoms with E-state index >= 15 is 0 Å². The molecule has 146 valence electrons. The lowest BCUT2D eigenvalue weighted by atomic mass is 10.2. The van der Waals surface area contributed by atoms with Gasteiger partial charge in [0.25, 0.3) is 0 Å². The molecule has 12 heteroatoms. The Labute approximate surface area is 169 Å². The quantitative estimate of drug-likeness (QED) is 0.480. The van der Waals surface area contributed by atoms with Gasteiger partial charge in [-0.15, -0.1) is 5.10 Å². The molecule has 0 saturated heterocycles. The maximum Gasteiger partial charge on any atom is 0.312 e. The first-order valence-corrected chi connectivity index (χ1v) is 8.82. The van der Waals surface area contributed by atoms with Crippen LogP contribution < -0.4 is 5.32 Å². The van der Waals surface area contributed by atoms with Crippen molar-refractivity contribution in [3.63, 3.8) is 0 Å². The molecule has 3 aromatic rings. The molecule has 0 bridgehead atoms. The van der Waals surface area contributed by atoms with Gasteiger partial charge in [-0.2, -0.15) is 5.10 Å². The van der Waals surface area contributed by atoms with Gasteiger partial charge in [0, 0.05) is 0 Å². The Balaban J connectivity index is 1.65.